The number of fused-ring (bicyclic) bond motifs is 2. The molecule has 162 valence electrons. The van der Waals surface area contributed by atoms with Crippen LogP contribution in [-0.2, 0) is 4.79 Å². The van der Waals surface area contributed by atoms with E-state index in [4.69, 9.17) is 19.6 Å². The first-order valence-corrected chi connectivity index (χ1v) is 11.1. The Bertz CT molecular complexity index is 1320. The molecule has 7 nitrogen and oxygen atoms in total. The first-order chi connectivity index (χ1) is 15.6. The van der Waals surface area contributed by atoms with Crippen molar-refractivity contribution in [3.05, 3.63) is 71.9 Å². The maximum absolute atomic E-state index is 12.6. The molecule has 0 spiro atoms. The number of nitrogens with one attached hydrogen (secondary N) is 1. The second-order valence-corrected chi connectivity index (χ2v) is 8.57. The highest BCUT2D eigenvalue weighted by atomic mass is 32.1. The summed E-state index contributed by atoms with van der Waals surface area (Å²) in [7, 11) is 1.64. The maximum atomic E-state index is 12.6. The highest BCUT2D eigenvalue weighted by Gasteiger charge is 2.33. The summed E-state index contributed by atoms with van der Waals surface area (Å²) in [5.74, 6) is 2.10. The lowest BCUT2D eigenvalue weighted by atomic mass is 9.86. The number of carbonyl (C=O) groups excluding carboxylic acids is 1. The van der Waals surface area contributed by atoms with Crippen molar-refractivity contribution >= 4 is 33.3 Å². The fourth-order valence-electron chi connectivity index (χ4n) is 4.03. The third-order valence-electron chi connectivity index (χ3n) is 5.52. The topological polar surface area (TPSA) is 78.3 Å². The van der Waals surface area contributed by atoms with Crippen LogP contribution in [0.25, 0.3) is 15.3 Å². The molecule has 8 heteroatoms. The van der Waals surface area contributed by atoms with E-state index in [1.165, 1.54) is 11.3 Å². The number of aryl methyl sites for hydroxylation is 1. The number of carbonyl (C=O) groups is 1. The summed E-state index contributed by atoms with van der Waals surface area (Å²) in [4.78, 5) is 17.4. The molecule has 1 N–H and O–H groups in total. The van der Waals surface area contributed by atoms with Crippen LogP contribution in [0.5, 0.6) is 11.5 Å². The smallest absolute Gasteiger partial charge is 0.226 e. The van der Waals surface area contributed by atoms with Crippen molar-refractivity contribution in [1.29, 1.82) is 0 Å². The van der Waals surface area contributed by atoms with Crippen LogP contribution in [0, 0.1) is 6.92 Å². The van der Waals surface area contributed by atoms with Gasteiger partial charge in [-0.15, -0.1) is 0 Å². The van der Waals surface area contributed by atoms with E-state index in [1.807, 2.05) is 49.4 Å². The number of anilines is 1. The Kier molecular flexibility index (Phi) is 5.14. The monoisotopic (exact) mass is 446 g/mol. The quantitative estimate of drug-likeness (QED) is 0.429. The van der Waals surface area contributed by atoms with Gasteiger partial charge in [0.2, 0.25) is 11.0 Å². The molecule has 4 aromatic rings. The van der Waals surface area contributed by atoms with Gasteiger partial charge in [0.15, 0.2) is 0 Å². The number of aromatic nitrogens is 3. The number of ether oxygens (including phenoxy) is 2. The van der Waals surface area contributed by atoms with Gasteiger partial charge in [0, 0.05) is 17.9 Å². The van der Waals surface area contributed by atoms with E-state index in [9.17, 15) is 4.79 Å². The standard InChI is InChI=1S/C24H22N4O3S/c1-4-11-31-16-7-5-15(6-8-16)18-13-21(29)26-23-22(18)14(2)27-28(23)24-25-19-10-9-17(30-3)12-20(19)32-24/h4-10,12,18H,1,11,13H2,2-3H3,(H,26,29)/t18-/m0/s1. The molecule has 1 atom stereocenters. The van der Waals surface area contributed by atoms with Crippen molar-refractivity contribution in [3.8, 4) is 16.6 Å². The second-order valence-electron chi connectivity index (χ2n) is 7.56. The van der Waals surface area contributed by atoms with Crippen LogP contribution in [-0.4, -0.2) is 34.4 Å². The van der Waals surface area contributed by atoms with E-state index in [-0.39, 0.29) is 11.8 Å². The molecule has 0 bridgehead atoms. The fourth-order valence-corrected chi connectivity index (χ4v) is 4.98. The fraction of sp³-hybridized carbons (Fsp3) is 0.208. The molecular weight excluding hydrogens is 424 g/mol. The van der Waals surface area contributed by atoms with Gasteiger partial charge < -0.3 is 14.8 Å². The molecule has 0 aliphatic carbocycles. The van der Waals surface area contributed by atoms with E-state index in [1.54, 1.807) is 17.9 Å². The van der Waals surface area contributed by atoms with E-state index >= 15 is 0 Å². The van der Waals surface area contributed by atoms with Gasteiger partial charge in [0.05, 0.1) is 23.0 Å². The second kappa shape index (κ2) is 8.12. The van der Waals surface area contributed by atoms with Gasteiger partial charge >= 0.3 is 0 Å². The molecule has 1 aliphatic rings. The summed E-state index contributed by atoms with van der Waals surface area (Å²) < 4.78 is 13.7. The molecule has 0 saturated carbocycles. The number of methoxy groups -OCH3 is 1. The largest absolute Gasteiger partial charge is 0.497 e. The lowest BCUT2D eigenvalue weighted by molar-refractivity contribution is -0.116. The predicted octanol–water partition coefficient (Wildman–Crippen LogP) is 4.84. The minimum atomic E-state index is -0.0876. The van der Waals surface area contributed by atoms with Gasteiger partial charge in [0.1, 0.15) is 23.9 Å². The molecular formula is C24H22N4O3S. The molecule has 0 saturated heterocycles. The van der Waals surface area contributed by atoms with Crippen LogP contribution in [0.15, 0.2) is 55.1 Å². The molecule has 2 aromatic carbocycles. The minimum Gasteiger partial charge on any atom is -0.497 e. The average molecular weight is 447 g/mol. The zero-order chi connectivity index (χ0) is 22.2. The Morgan fingerprint density at radius 1 is 1.25 bits per heavy atom. The van der Waals surface area contributed by atoms with Gasteiger partial charge in [-0.1, -0.05) is 36.1 Å². The Hall–Kier alpha value is -3.65. The van der Waals surface area contributed by atoms with Crippen LogP contribution >= 0.6 is 11.3 Å². The van der Waals surface area contributed by atoms with E-state index < -0.39 is 0 Å². The minimum absolute atomic E-state index is 0.0431. The van der Waals surface area contributed by atoms with Crippen molar-refractivity contribution in [1.82, 2.24) is 14.8 Å². The SMILES string of the molecule is C=CCOc1ccc([C@@H]2CC(=O)Nc3c2c(C)nn3-c2nc3ccc(OC)cc3s2)cc1. The lowest BCUT2D eigenvalue weighted by Gasteiger charge is -2.24. The molecule has 3 heterocycles. The molecule has 2 aromatic heterocycles. The average Bonchev–Trinajstić information content (AvgIpc) is 3.37. The van der Waals surface area contributed by atoms with E-state index in [0.29, 0.717) is 24.0 Å². The molecule has 0 fully saturated rings. The highest BCUT2D eigenvalue weighted by molar-refractivity contribution is 7.20. The van der Waals surface area contributed by atoms with Crippen molar-refractivity contribution in [3.63, 3.8) is 0 Å². The highest BCUT2D eigenvalue weighted by Crippen LogP contribution is 2.41. The third-order valence-corrected chi connectivity index (χ3v) is 6.51. The number of hydrogen-bond donors (Lipinski definition) is 1. The van der Waals surface area contributed by atoms with Crippen molar-refractivity contribution in [2.24, 2.45) is 0 Å². The van der Waals surface area contributed by atoms with Gasteiger partial charge in [-0.05, 0) is 42.8 Å². The number of nitrogens with zero attached hydrogens (tertiary/aromatic N) is 3. The molecule has 0 radical (unpaired) electrons. The normalized spacial score (nSPS) is 15.3. The Balaban J connectivity index is 1.55. The van der Waals surface area contributed by atoms with Crippen LogP contribution in [0.4, 0.5) is 5.82 Å². The Labute approximate surface area is 189 Å². The molecule has 5 rings (SSSR count). The lowest BCUT2D eigenvalue weighted by Crippen LogP contribution is -2.24. The Morgan fingerprint density at radius 2 is 2.03 bits per heavy atom. The third kappa shape index (κ3) is 3.52. The van der Waals surface area contributed by atoms with Gasteiger partial charge in [0.25, 0.3) is 0 Å². The molecule has 0 unspecified atom stereocenters. The number of thiazole rings is 1. The zero-order valence-corrected chi connectivity index (χ0v) is 18.6. The molecule has 1 aliphatic heterocycles. The van der Waals surface area contributed by atoms with Crippen molar-refractivity contribution in [2.75, 3.05) is 19.0 Å². The number of benzene rings is 2. The van der Waals surface area contributed by atoms with Crippen LogP contribution in [0.3, 0.4) is 0 Å². The van der Waals surface area contributed by atoms with Crippen LogP contribution < -0.4 is 14.8 Å². The maximum Gasteiger partial charge on any atom is 0.226 e. The summed E-state index contributed by atoms with van der Waals surface area (Å²) in [5, 5.41) is 8.47. The van der Waals surface area contributed by atoms with Gasteiger partial charge in [-0.2, -0.15) is 9.78 Å². The number of rotatable bonds is 6. The summed E-state index contributed by atoms with van der Waals surface area (Å²) in [6.07, 6.45) is 2.07. The van der Waals surface area contributed by atoms with Crippen LogP contribution in [0.2, 0.25) is 0 Å². The summed E-state index contributed by atoms with van der Waals surface area (Å²) in [5.41, 5.74) is 3.79. The molecule has 32 heavy (non-hydrogen) atoms. The summed E-state index contributed by atoms with van der Waals surface area (Å²) in [6, 6.07) is 13.6. The summed E-state index contributed by atoms with van der Waals surface area (Å²) in [6.45, 7) is 6.09. The van der Waals surface area contributed by atoms with Crippen molar-refractivity contribution in [2.45, 2.75) is 19.3 Å². The predicted molar refractivity (Wildman–Crippen MR) is 125 cm³/mol. The van der Waals surface area contributed by atoms with Crippen molar-refractivity contribution < 1.29 is 14.3 Å². The Morgan fingerprint density at radius 3 is 2.78 bits per heavy atom. The molecule has 1 amide bonds. The van der Waals surface area contributed by atoms with E-state index in [0.717, 1.165) is 38.5 Å². The number of hydrogen-bond acceptors (Lipinski definition) is 6. The van der Waals surface area contributed by atoms with Gasteiger partial charge in [-0.3, -0.25) is 4.79 Å². The van der Waals surface area contributed by atoms with Gasteiger partial charge in [-0.25, -0.2) is 4.98 Å². The van der Waals surface area contributed by atoms with E-state index in [2.05, 4.69) is 11.9 Å². The van der Waals surface area contributed by atoms with Crippen LogP contribution in [0.1, 0.15) is 29.2 Å². The first kappa shape index (κ1) is 20.3. The first-order valence-electron chi connectivity index (χ1n) is 10.3. The summed E-state index contributed by atoms with van der Waals surface area (Å²) >= 11 is 1.51. The number of amides is 1. The zero-order valence-electron chi connectivity index (χ0n) is 17.8.